The van der Waals surface area contributed by atoms with Gasteiger partial charge in [0.25, 0.3) is 0 Å². The van der Waals surface area contributed by atoms with Gasteiger partial charge in [-0.25, -0.2) is 14.6 Å². The first-order chi connectivity index (χ1) is 10.2. The monoisotopic (exact) mass is 284 g/mol. The summed E-state index contributed by atoms with van der Waals surface area (Å²) in [4.78, 5) is 8.48. The topological polar surface area (TPSA) is 95.7 Å². The number of hydrogen-bond donors (Lipinski definition) is 1. The minimum Gasteiger partial charge on any atom is -0.383 e. The maximum absolute atomic E-state index is 6.05. The van der Waals surface area contributed by atoms with Gasteiger partial charge in [-0.05, 0) is 19.8 Å². The summed E-state index contributed by atoms with van der Waals surface area (Å²) in [6, 6.07) is 2.23. The van der Waals surface area contributed by atoms with Gasteiger partial charge in [-0.1, -0.05) is 18.0 Å². The molecule has 0 aliphatic heterocycles. The summed E-state index contributed by atoms with van der Waals surface area (Å²) in [5.74, 6) is 1.03. The summed E-state index contributed by atoms with van der Waals surface area (Å²) in [5.41, 5.74) is 8.31. The van der Waals surface area contributed by atoms with Gasteiger partial charge < -0.3 is 10.3 Å². The third-order valence-corrected chi connectivity index (χ3v) is 4.05. The van der Waals surface area contributed by atoms with Gasteiger partial charge in [0, 0.05) is 6.07 Å². The average Bonchev–Trinajstić information content (AvgIpc) is 3.16. The zero-order chi connectivity index (χ0) is 14.4. The van der Waals surface area contributed by atoms with Gasteiger partial charge in [0.15, 0.2) is 11.4 Å². The lowest BCUT2D eigenvalue weighted by molar-refractivity contribution is 0.423. The second-order valence-electron chi connectivity index (χ2n) is 5.52. The van der Waals surface area contributed by atoms with E-state index in [-0.39, 0.29) is 0 Å². The fourth-order valence-corrected chi connectivity index (χ4v) is 3.05. The van der Waals surface area contributed by atoms with Crippen LogP contribution in [0, 0.1) is 6.92 Å². The van der Waals surface area contributed by atoms with E-state index in [0.717, 1.165) is 29.6 Å². The molecule has 0 saturated heterocycles. The quantitative estimate of drug-likeness (QED) is 0.776. The first-order valence-corrected chi connectivity index (χ1v) is 7.16. The van der Waals surface area contributed by atoms with E-state index in [9.17, 15) is 0 Å². The summed E-state index contributed by atoms with van der Waals surface area (Å²) in [6.07, 6.45) is 6.18. The molecule has 3 aromatic rings. The van der Waals surface area contributed by atoms with Crippen LogP contribution >= 0.6 is 0 Å². The maximum atomic E-state index is 6.05. The molecule has 108 valence electrons. The maximum Gasteiger partial charge on any atom is 0.188 e. The van der Waals surface area contributed by atoms with E-state index in [0.29, 0.717) is 23.3 Å². The fraction of sp³-hybridized carbons (Fsp3) is 0.429. The molecule has 1 aliphatic rings. The Balaban J connectivity index is 1.97. The Morgan fingerprint density at radius 2 is 2.10 bits per heavy atom. The Hall–Kier alpha value is -2.44. The number of aryl methyl sites for hydroxylation is 1. The molecule has 0 unspecified atom stereocenters. The number of nitrogen functional groups attached to an aromatic ring is 1. The van der Waals surface area contributed by atoms with Crippen LogP contribution in [0.1, 0.15) is 37.4 Å². The molecule has 3 heterocycles. The van der Waals surface area contributed by atoms with Crippen molar-refractivity contribution in [3.63, 3.8) is 0 Å². The molecule has 7 nitrogen and oxygen atoms in total. The van der Waals surface area contributed by atoms with Gasteiger partial charge >= 0.3 is 0 Å². The van der Waals surface area contributed by atoms with E-state index in [4.69, 9.17) is 15.4 Å². The second-order valence-corrected chi connectivity index (χ2v) is 5.52. The van der Waals surface area contributed by atoms with E-state index in [1.807, 2.05) is 17.7 Å². The molecule has 0 aromatic carbocycles. The van der Waals surface area contributed by atoms with Crippen LogP contribution in [0.4, 0.5) is 5.82 Å². The van der Waals surface area contributed by atoms with E-state index < -0.39 is 0 Å². The molecule has 0 amide bonds. The van der Waals surface area contributed by atoms with Crippen LogP contribution in [-0.2, 0) is 0 Å². The molecule has 1 aliphatic carbocycles. The first-order valence-electron chi connectivity index (χ1n) is 7.16. The van der Waals surface area contributed by atoms with Crippen molar-refractivity contribution in [3.05, 3.63) is 18.1 Å². The number of rotatable bonds is 2. The lowest BCUT2D eigenvalue weighted by Gasteiger charge is -2.09. The van der Waals surface area contributed by atoms with Crippen molar-refractivity contribution in [2.75, 3.05) is 5.73 Å². The minimum atomic E-state index is 0.375. The Morgan fingerprint density at radius 1 is 1.29 bits per heavy atom. The zero-order valence-corrected chi connectivity index (χ0v) is 11.8. The molecule has 0 bridgehead atoms. The molecule has 4 rings (SSSR count). The highest BCUT2D eigenvalue weighted by Gasteiger charge is 2.25. The number of anilines is 1. The number of nitrogens with zero attached hydrogens (tertiary/aromatic N) is 5. The van der Waals surface area contributed by atoms with Gasteiger partial charge in [0.2, 0.25) is 0 Å². The molecule has 3 aromatic heterocycles. The van der Waals surface area contributed by atoms with Crippen molar-refractivity contribution in [1.29, 1.82) is 0 Å². The van der Waals surface area contributed by atoms with Crippen molar-refractivity contribution in [2.24, 2.45) is 0 Å². The minimum absolute atomic E-state index is 0.375. The van der Waals surface area contributed by atoms with E-state index in [1.165, 1.54) is 19.2 Å². The number of fused-ring (bicyclic) bond motifs is 1. The van der Waals surface area contributed by atoms with Crippen LogP contribution in [-0.4, -0.2) is 24.9 Å². The molecule has 0 atom stereocenters. The largest absolute Gasteiger partial charge is 0.383 e. The van der Waals surface area contributed by atoms with Crippen LogP contribution in [0.15, 0.2) is 16.9 Å². The predicted octanol–water partition coefficient (Wildman–Crippen LogP) is 2.49. The Bertz CT molecular complexity index is 799. The standard InChI is InChI=1S/C14H16N6O/c1-8-6-10(21-19-8)12-11-13(15)16-7-17-14(11)20(18-12)9-4-2-3-5-9/h6-7,9H,2-5H2,1H3,(H2,15,16,17). The van der Waals surface area contributed by atoms with Crippen molar-refractivity contribution in [1.82, 2.24) is 24.9 Å². The van der Waals surface area contributed by atoms with Crippen molar-refractivity contribution >= 4 is 16.9 Å². The highest BCUT2D eigenvalue weighted by atomic mass is 16.5. The van der Waals surface area contributed by atoms with Crippen molar-refractivity contribution in [2.45, 2.75) is 38.6 Å². The third-order valence-electron chi connectivity index (χ3n) is 4.05. The van der Waals surface area contributed by atoms with Crippen LogP contribution < -0.4 is 5.73 Å². The molecule has 21 heavy (non-hydrogen) atoms. The number of nitrogens with two attached hydrogens (primary N) is 1. The molecule has 0 spiro atoms. The van der Waals surface area contributed by atoms with Crippen molar-refractivity contribution < 1.29 is 4.52 Å². The zero-order valence-electron chi connectivity index (χ0n) is 11.8. The third kappa shape index (κ3) is 1.88. The summed E-state index contributed by atoms with van der Waals surface area (Å²) >= 11 is 0. The Labute approximate surface area is 121 Å². The molecule has 7 heteroatoms. The van der Waals surface area contributed by atoms with Gasteiger partial charge in [0.05, 0.1) is 17.1 Å². The first kappa shape index (κ1) is 12.3. The lowest BCUT2D eigenvalue weighted by atomic mass is 10.2. The van der Waals surface area contributed by atoms with E-state index >= 15 is 0 Å². The van der Waals surface area contributed by atoms with Crippen LogP contribution in [0.3, 0.4) is 0 Å². The Kier molecular flexibility index (Phi) is 2.66. The highest BCUT2D eigenvalue weighted by molar-refractivity contribution is 5.97. The van der Waals surface area contributed by atoms with E-state index in [1.54, 1.807) is 0 Å². The predicted molar refractivity (Wildman–Crippen MR) is 77.5 cm³/mol. The van der Waals surface area contributed by atoms with Gasteiger partial charge in [-0.2, -0.15) is 5.10 Å². The summed E-state index contributed by atoms with van der Waals surface area (Å²) in [6.45, 7) is 1.88. The van der Waals surface area contributed by atoms with Crippen LogP contribution in [0.5, 0.6) is 0 Å². The molecular formula is C14H16N6O. The fourth-order valence-electron chi connectivity index (χ4n) is 3.05. The van der Waals surface area contributed by atoms with Crippen LogP contribution in [0.25, 0.3) is 22.5 Å². The second kappa shape index (κ2) is 4.54. The van der Waals surface area contributed by atoms with Gasteiger partial charge in [-0.3, -0.25) is 0 Å². The van der Waals surface area contributed by atoms with Gasteiger partial charge in [0.1, 0.15) is 17.8 Å². The summed E-state index contributed by atoms with van der Waals surface area (Å²) in [5, 5.41) is 9.40. The van der Waals surface area contributed by atoms with E-state index in [2.05, 4.69) is 15.1 Å². The van der Waals surface area contributed by atoms with Crippen LogP contribution in [0.2, 0.25) is 0 Å². The lowest BCUT2D eigenvalue weighted by Crippen LogP contribution is -2.07. The number of hydrogen-bond acceptors (Lipinski definition) is 6. The Morgan fingerprint density at radius 3 is 2.81 bits per heavy atom. The molecule has 0 radical (unpaired) electrons. The van der Waals surface area contributed by atoms with Gasteiger partial charge in [-0.15, -0.1) is 0 Å². The summed E-state index contributed by atoms with van der Waals surface area (Å²) < 4.78 is 7.33. The molecular weight excluding hydrogens is 268 g/mol. The average molecular weight is 284 g/mol. The SMILES string of the molecule is Cc1cc(-c2nn(C3CCCC3)c3ncnc(N)c23)on1. The van der Waals surface area contributed by atoms with Crippen molar-refractivity contribution in [3.8, 4) is 11.5 Å². The summed E-state index contributed by atoms with van der Waals surface area (Å²) in [7, 11) is 0. The molecule has 2 N–H and O–H groups in total. The number of aromatic nitrogens is 5. The smallest absolute Gasteiger partial charge is 0.188 e. The molecule has 1 fully saturated rings. The normalized spacial score (nSPS) is 16.0. The molecule has 1 saturated carbocycles. The highest BCUT2D eigenvalue weighted by Crippen LogP contribution is 2.36.